The molecule has 2 atom stereocenters. The van der Waals surface area contributed by atoms with E-state index in [0.29, 0.717) is 4.98 Å². The van der Waals surface area contributed by atoms with Gasteiger partial charge in [-0.25, -0.2) is 0 Å². The van der Waals surface area contributed by atoms with Crippen LogP contribution in [0.5, 0.6) is 0 Å². The number of hydrogen-bond donors (Lipinski definition) is 2. The number of rotatable bonds is 11. The fourth-order valence-corrected chi connectivity index (χ4v) is 5.01. The van der Waals surface area contributed by atoms with Crippen LogP contribution >= 0.6 is 21.2 Å². The fourth-order valence-electron chi connectivity index (χ4n) is 1.57. The van der Waals surface area contributed by atoms with E-state index in [1.807, 2.05) is 21.2 Å². The monoisotopic (exact) mass is 403 g/mol. The van der Waals surface area contributed by atoms with Crippen molar-refractivity contribution in [1.29, 1.82) is 0 Å². The summed E-state index contributed by atoms with van der Waals surface area (Å²) in [5, 5.41) is 13.6. The van der Waals surface area contributed by atoms with E-state index in [1.54, 1.807) is 0 Å². The van der Waals surface area contributed by atoms with E-state index in [0.717, 1.165) is 42.7 Å². The molecular formula is C16H27CoNO3PS. The summed E-state index contributed by atoms with van der Waals surface area (Å²) < 4.78 is 4.31. The second-order valence-electron chi connectivity index (χ2n) is 4.41. The summed E-state index contributed by atoms with van der Waals surface area (Å²) in [6, 6.07) is 0. The summed E-state index contributed by atoms with van der Waals surface area (Å²) in [4.78, 5) is 11.3. The van der Waals surface area contributed by atoms with Gasteiger partial charge in [0.1, 0.15) is 0 Å². The van der Waals surface area contributed by atoms with Crippen molar-refractivity contribution < 1.29 is 28.1 Å². The number of carbonyl (C=O) groups excluding carboxylic acids is 1. The zero-order valence-corrected chi connectivity index (χ0v) is 16.8. The van der Waals surface area contributed by atoms with Crippen molar-refractivity contribution in [3.8, 4) is 23.7 Å². The molecule has 0 spiro atoms. The van der Waals surface area contributed by atoms with Crippen LogP contribution in [0.3, 0.4) is 0 Å². The minimum absolute atomic E-state index is 0.0493. The summed E-state index contributed by atoms with van der Waals surface area (Å²) in [6.45, 7) is 3.41. The molecule has 134 valence electrons. The molecule has 0 aliphatic rings. The molecule has 23 heavy (non-hydrogen) atoms. The first-order valence-electron chi connectivity index (χ1n) is 7.41. The number of aliphatic hydroxyl groups excluding tert-OH is 1. The van der Waals surface area contributed by atoms with E-state index in [9.17, 15) is 4.79 Å². The third-order valence-electron chi connectivity index (χ3n) is 2.65. The van der Waals surface area contributed by atoms with Gasteiger partial charge in [0.05, 0.1) is 9.47 Å². The van der Waals surface area contributed by atoms with Crippen LogP contribution in [0.2, 0.25) is 11.2 Å². The first-order chi connectivity index (χ1) is 11.2. The Balaban J connectivity index is 3.87. The van der Waals surface area contributed by atoms with Crippen LogP contribution in [-0.2, 0) is 23.0 Å². The van der Waals surface area contributed by atoms with Gasteiger partial charge >= 0.3 is 142 Å². The molecular weight excluding hydrogens is 376 g/mol. The Kier molecular flexibility index (Phi) is 16.5. The Bertz CT molecular complexity index is 442. The first kappa shape index (κ1) is 22.8. The fraction of sp³-hybridized carbons (Fsp3) is 0.688. The van der Waals surface area contributed by atoms with Gasteiger partial charge in [0, 0.05) is 0 Å². The average Bonchev–Trinajstić information content (AvgIpc) is 2.56. The van der Waals surface area contributed by atoms with Gasteiger partial charge in [0.2, 0.25) is 0 Å². The maximum atomic E-state index is 10.7. The van der Waals surface area contributed by atoms with E-state index >= 15 is 0 Å². The quantitative estimate of drug-likeness (QED) is 0.315. The Labute approximate surface area is 151 Å². The normalized spacial score (nSPS) is 11.6. The third-order valence-corrected chi connectivity index (χ3v) is 6.82. The summed E-state index contributed by atoms with van der Waals surface area (Å²) in [6.07, 6.45) is 2.82. The van der Waals surface area contributed by atoms with Gasteiger partial charge in [0.15, 0.2) is 0 Å². The van der Waals surface area contributed by atoms with Gasteiger partial charge in [-0.1, -0.05) is 0 Å². The van der Waals surface area contributed by atoms with Crippen LogP contribution in [0, 0.1) is 23.7 Å². The maximum absolute atomic E-state index is 10.7. The van der Waals surface area contributed by atoms with Gasteiger partial charge < -0.3 is 0 Å². The number of carbonyl (C=O) groups is 1. The van der Waals surface area contributed by atoms with E-state index in [4.69, 9.17) is 5.11 Å². The zero-order valence-electron chi connectivity index (χ0n) is 13.8. The van der Waals surface area contributed by atoms with Gasteiger partial charge in [-0.3, -0.25) is 0 Å². The van der Waals surface area contributed by atoms with Crippen LogP contribution in [0.1, 0.15) is 26.2 Å². The van der Waals surface area contributed by atoms with E-state index in [2.05, 4.69) is 46.3 Å². The molecule has 0 bridgehead atoms. The molecule has 0 heterocycles. The second kappa shape index (κ2) is 16.6. The zero-order chi connectivity index (χ0) is 17.3. The van der Waals surface area contributed by atoms with E-state index in [1.165, 1.54) is 0 Å². The predicted molar refractivity (Wildman–Crippen MR) is 97.8 cm³/mol. The molecule has 0 aliphatic carbocycles. The SMILES string of the molecule is CCN[CH](CCSCCC#CC#CC(=O)OP)[Co]([CH3])[CH2]CCO. The Morgan fingerprint density at radius 2 is 2.22 bits per heavy atom. The van der Waals surface area contributed by atoms with Crippen molar-refractivity contribution >= 4 is 27.2 Å². The molecule has 0 aromatic carbocycles. The number of thioether (sulfide) groups is 1. The van der Waals surface area contributed by atoms with Crippen molar-refractivity contribution in [1.82, 2.24) is 5.32 Å². The van der Waals surface area contributed by atoms with Crippen LogP contribution in [0.25, 0.3) is 0 Å². The molecule has 0 fully saturated rings. The molecule has 0 rings (SSSR count). The summed E-state index contributed by atoms with van der Waals surface area (Å²) >= 11 is 1.84. The summed E-state index contributed by atoms with van der Waals surface area (Å²) in [5.41, 5.74) is 0. The van der Waals surface area contributed by atoms with Gasteiger partial charge in [-0.15, -0.1) is 0 Å². The van der Waals surface area contributed by atoms with Gasteiger partial charge in [-0.2, -0.15) is 0 Å². The van der Waals surface area contributed by atoms with Gasteiger partial charge in [-0.05, 0) is 0 Å². The molecule has 0 aliphatic heterocycles. The topological polar surface area (TPSA) is 58.6 Å². The van der Waals surface area contributed by atoms with Crippen molar-refractivity contribution in [2.24, 2.45) is 0 Å². The van der Waals surface area contributed by atoms with E-state index in [-0.39, 0.29) is 20.3 Å². The Morgan fingerprint density at radius 3 is 2.87 bits per heavy atom. The van der Waals surface area contributed by atoms with Crippen molar-refractivity contribution in [3.05, 3.63) is 0 Å². The predicted octanol–water partition coefficient (Wildman–Crippen LogP) is 2.24. The van der Waals surface area contributed by atoms with Crippen molar-refractivity contribution in [2.45, 2.75) is 42.4 Å². The molecule has 0 amide bonds. The molecule has 2 N–H and O–H groups in total. The van der Waals surface area contributed by atoms with Crippen LogP contribution in [0.4, 0.5) is 0 Å². The van der Waals surface area contributed by atoms with Crippen LogP contribution in [-0.4, -0.2) is 40.7 Å². The number of nitrogens with one attached hydrogen (secondary N) is 1. The van der Waals surface area contributed by atoms with Crippen molar-refractivity contribution in [3.63, 3.8) is 0 Å². The Morgan fingerprint density at radius 1 is 1.43 bits per heavy atom. The molecule has 0 saturated heterocycles. The van der Waals surface area contributed by atoms with E-state index < -0.39 is 5.97 Å². The Hall–Kier alpha value is -0.204. The summed E-state index contributed by atoms with van der Waals surface area (Å²) in [7, 11) is 1.86. The number of aliphatic hydroxyl groups is 1. The summed E-state index contributed by atoms with van der Waals surface area (Å²) in [5.74, 6) is 14.1. The minimum atomic E-state index is -0.592. The average molecular weight is 403 g/mol. The van der Waals surface area contributed by atoms with Crippen molar-refractivity contribution in [2.75, 3.05) is 24.7 Å². The standard InChI is InChI=1S/C12H17NO2PS.C3H7O.CH3.Co/c1-2-13-9-7-11-17-10-6-4-3-5-8-12(14)15-16;1-2-3-4;;/h9,13H,2,6-7,10-11,16H2,1H3;4H,1-3H2;1H3;. The van der Waals surface area contributed by atoms with Crippen LogP contribution < -0.4 is 5.32 Å². The molecule has 2 unspecified atom stereocenters. The molecule has 4 nitrogen and oxygen atoms in total. The molecule has 0 aromatic rings. The second-order valence-corrected chi connectivity index (χ2v) is 8.88. The number of hydrogen-bond acceptors (Lipinski definition) is 5. The molecule has 0 saturated carbocycles. The molecule has 0 aromatic heterocycles. The molecule has 0 radical (unpaired) electrons. The van der Waals surface area contributed by atoms with Crippen LogP contribution in [0.15, 0.2) is 0 Å². The molecule has 7 heteroatoms. The third kappa shape index (κ3) is 13.9. The van der Waals surface area contributed by atoms with Gasteiger partial charge in [0.25, 0.3) is 0 Å². The first-order valence-corrected chi connectivity index (χ1v) is 11.4.